The fourth-order valence-corrected chi connectivity index (χ4v) is 3.79. The normalized spacial score (nSPS) is 18.9. The lowest BCUT2D eigenvalue weighted by Crippen LogP contribution is -2.49. The molecule has 0 spiro atoms. The predicted molar refractivity (Wildman–Crippen MR) is 112 cm³/mol. The molecule has 28 heavy (non-hydrogen) atoms. The number of imide groups is 1. The van der Waals surface area contributed by atoms with E-state index in [1.165, 1.54) is 11.8 Å². The van der Waals surface area contributed by atoms with Crippen molar-refractivity contribution in [2.45, 2.75) is 30.2 Å². The van der Waals surface area contributed by atoms with Crippen molar-refractivity contribution < 1.29 is 14.4 Å². The zero-order valence-electron chi connectivity index (χ0n) is 15.3. The molecule has 1 atom stereocenters. The smallest absolute Gasteiger partial charge is 0.322 e. The molecule has 8 heteroatoms. The molecule has 2 N–H and O–H groups in total. The van der Waals surface area contributed by atoms with E-state index in [-0.39, 0.29) is 5.75 Å². The number of nitrogens with one attached hydrogen (secondary N) is 2. The number of amides is 4. The van der Waals surface area contributed by atoms with Crippen molar-refractivity contribution in [1.82, 2.24) is 15.8 Å². The van der Waals surface area contributed by atoms with E-state index < -0.39 is 23.4 Å². The number of hydrazine groups is 1. The van der Waals surface area contributed by atoms with Gasteiger partial charge < -0.3 is 5.32 Å². The van der Waals surface area contributed by atoms with E-state index in [9.17, 15) is 14.4 Å². The number of carbonyl (C=O) groups excluding carboxylic acids is 3. The van der Waals surface area contributed by atoms with E-state index in [0.29, 0.717) is 12.8 Å². The van der Waals surface area contributed by atoms with Crippen LogP contribution in [0.3, 0.4) is 0 Å². The summed E-state index contributed by atoms with van der Waals surface area (Å²) < 4.78 is 0.954. The van der Waals surface area contributed by atoms with Crippen LogP contribution in [0.25, 0.3) is 0 Å². The Morgan fingerprint density at radius 2 is 1.82 bits per heavy atom. The van der Waals surface area contributed by atoms with Crippen molar-refractivity contribution in [2.24, 2.45) is 0 Å². The minimum Gasteiger partial charge on any atom is -0.322 e. The Morgan fingerprint density at radius 1 is 1.14 bits per heavy atom. The van der Waals surface area contributed by atoms with Crippen LogP contribution in [0.2, 0.25) is 0 Å². The van der Waals surface area contributed by atoms with Crippen LogP contribution in [0.1, 0.15) is 18.9 Å². The van der Waals surface area contributed by atoms with Crippen LogP contribution in [-0.4, -0.2) is 34.1 Å². The third-order valence-electron chi connectivity index (χ3n) is 4.44. The molecule has 2 aromatic rings. The van der Waals surface area contributed by atoms with E-state index in [0.717, 1.165) is 19.9 Å². The number of benzene rings is 2. The van der Waals surface area contributed by atoms with Gasteiger partial charge >= 0.3 is 6.03 Å². The van der Waals surface area contributed by atoms with Gasteiger partial charge in [0.25, 0.3) is 5.91 Å². The second-order valence-corrected chi connectivity index (χ2v) is 8.63. The summed E-state index contributed by atoms with van der Waals surface area (Å²) >= 11 is 4.69. The number of aryl methyl sites for hydroxylation is 1. The molecule has 3 rings (SSSR count). The topological polar surface area (TPSA) is 78.5 Å². The third kappa shape index (κ3) is 4.94. The molecule has 1 fully saturated rings. The highest BCUT2D eigenvalue weighted by molar-refractivity contribution is 9.10. The Balaban J connectivity index is 1.55. The van der Waals surface area contributed by atoms with E-state index in [1.807, 2.05) is 54.6 Å². The first kappa shape index (κ1) is 20.4. The average Bonchev–Trinajstić information content (AvgIpc) is 2.90. The Kier molecular flexibility index (Phi) is 6.41. The Hall–Kier alpha value is -2.32. The van der Waals surface area contributed by atoms with E-state index in [1.54, 1.807) is 6.92 Å². The largest absolute Gasteiger partial charge is 0.344 e. The molecule has 1 aliphatic rings. The van der Waals surface area contributed by atoms with Crippen LogP contribution in [0, 0.1) is 0 Å². The second kappa shape index (κ2) is 8.79. The third-order valence-corrected chi connectivity index (χ3v) is 5.98. The number of thioether (sulfide) groups is 1. The number of urea groups is 1. The van der Waals surface area contributed by atoms with Gasteiger partial charge in [0.05, 0.1) is 5.75 Å². The molecule has 146 valence electrons. The Bertz CT molecular complexity index is 876. The number of hydrogen-bond acceptors (Lipinski definition) is 4. The lowest BCUT2D eigenvalue weighted by atomic mass is 9.93. The fourth-order valence-electron chi connectivity index (χ4n) is 2.83. The maximum Gasteiger partial charge on any atom is 0.344 e. The number of carbonyl (C=O) groups is 3. The van der Waals surface area contributed by atoms with Gasteiger partial charge in [-0.05, 0) is 49.6 Å². The number of rotatable bonds is 7. The van der Waals surface area contributed by atoms with Crippen molar-refractivity contribution in [3.63, 3.8) is 0 Å². The highest BCUT2D eigenvalue weighted by Crippen LogP contribution is 2.23. The molecule has 1 unspecified atom stereocenters. The zero-order valence-corrected chi connectivity index (χ0v) is 17.7. The maximum absolute atomic E-state index is 12.7. The summed E-state index contributed by atoms with van der Waals surface area (Å²) in [5.41, 5.74) is 2.46. The highest BCUT2D eigenvalue weighted by Gasteiger charge is 2.48. The molecule has 2 aromatic carbocycles. The minimum atomic E-state index is -1.04. The van der Waals surface area contributed by atoms with Crippen LogP contribution in [0.4, 0.5) is 4.79 Å². The van der Waals surface area contributed by atoms with Gasteiger partial charge in [0.2, 0.25) is 5.91 Å². The summed E-state index contributed by atoms with van der Waals surface area (Å²) in [6, 6.07) is 16.7. The molecular weight excluding hydrogens is 442 g/mol. The summed E-state index contributed by atoms with van der Waals surface area (Å²) in [4.78, 5) is 38.1. The Morgan fingerprint density at radius 3 is 2.50 bits per heavy atom. The summed E-state index contributed by atoms with van der Waals surface area (Å²) in [7, 11) is 0. The van der Waals surface area contributed by atoms with E-state index in [4.69, 9.17) is 0 Å². The van der Waals surface area contributed by atoms with Crippen molar-refractivity contribution in [1.29, 1.82) is 0 Å². The van der Waals surface area contributed by atoms with Gasteiger partial charge in [-0.2, -0.15) is 5.01 Å². The summed E-state index contributed by atoms with van der Waals surface area (Å²) in [6.07, 6.45) is 1.09. The summed E-state index contributed by atoms with van der Waals surface area (Å²) in [6.45, 7) is 1.68. The first-order chi connectivity index (χ1) is 13.4. The monoisotopic (exact) mass is 461 g/mol. The van der Waals surface area contributed by atoms with Crippen LogP contribution in [0.5, 0.6) is 0 Å². The van der Waals surface area contributed by atoms with Crippen LogP contribution in [-0.2, 0) is 16.0 Å². The molecule has 0 aromatic heterocycles. The first-order valence-electron chi connectivity index (χ1n) is 8.76. The van der Waals surface area contributed by atoms with Gasteiger partial charge in [-0.25, -0.2) is 4.79 Å². The lowest BCUT2D eigenvalue weighted by Gasteiger charge is -2.21. The van der Waals surface area contributed by atoms with Gasteiger partial charge in [0.1, 0.15) is 5.54 Å². The number of nitrogens with zero attached hydrogens (tertiary/aromatic N) is 1. The van der Waals surface area contributed by atoms with Crippen molar-refractivity contribution in [2.75, 3.05) is 5.75 Å². The van der Waals surface area contributed by atoms with Crippen molar-refractivity contribution in [3.05, 3.63) is 64.6 Å². The lowest BCUT2D eigenvalue weighted by molar-refractivity contribution is -0.138. The molecule has 1 aliphatic heterocycles. The zero-order chi connectivity index (χ0) is 20.1. The van der Waals surface area contributed by atoms with Crippen molar-refractivity contribution in [3.8, 4) is 0 Å². The molecule has 6 nitrogen and oxygen atoms in total. The highest BCUT2D eigenvalue weighted by atomic mass is 79.9. The summed E-state index contributed by atoms with van der Waals surface area (Å²) in [5.74, 6) is -0.765. The van der Waals surface area contributed by atoms with Crippen LogP contribution >= 0.6 is 27.7 Å². The molecule has 4 amide bonds. The molecule has 0 radical (unpaired) electrons. The van der Waals surface area contributed by atoms with Gasteiger partial charge in [-0.15, -0.1) is 11.8 Å². The van der Waals surface area contributed by atoms with E-state index in [2.05, 4.69) is 26.7 Å². The Labute approximate surface area is 176 Å². The molecule has 1 saturated heterocycles. The average molecular weight is 462 g/mol. The second-order valence-electron chi connectivity index (χ2n) is 6.67. The van der Waals surface area contributed by atoms with Crippen LogP contribution in [0.15, 0.2) is 64.0 Å². The van der Waals surface area contributed by atoms with Gasteiger partial charge in [-0.1, -0.05) is 46.3 Å². The van der Waals surface area contributed by atoms with Gasteiger partial charge in [-0.3, -0.25) is 15.0 Å². The molecule has 0 bridgehead atoms. The number of hydrogen-bond donors (Lipinski definition) is 2. The minimum absolute atomic E-state index is 0.0966. The maximum atomic E-state index is 12.7. The standard InChI is InChI=1S/C20H20BrN3O3S/c1-20(12-11-14-5-3-2-4-6-14)18(26)24(19(27)22-20)23-17(25)13-28-16-9-7-15(21)8-10-16/h2-10H,11-13H2,1H3,(H,22,27)(H,23,25). The number of halogens is 1. The van der Waals surface area contributed by atoms with Gasteiger partial charge in [0.15, 0.2) is 0 Å². The first-order valence-corrected chi connectivity index (χ1v) is 10.5. The molecule has 1 heterocycles. The molecule has 0 saturated carbocycles. The van der Waals surface area contributed by atoms with Gasteiger partial charge in [0, 0.05) is 9.37 Å². The molecular formula is C20H20BrN3O3S. The SMILES string of the molecule is CC1(CCc2ccccc2)NC(=O)N(NC(=O)CSc2ccc(Br)cc2)C1=O. The van der Waals surface area contributed by atoms with Crippen LogP contribution < -0.4 is 10.7 Å². The van der Waals surface area contributed by atoms with Crippen molar-refractivity contribution >= 4 is 45.5 Å². The quantitative estimate of drug-likeness (QED) is 0.488. The van der Waals surface area contributed by atoms with E-state index >= 15 is 0 Å². The molecule has 0 aliphatic carbocycles. The predicted octanol–water partition coefficient (Wildman–Crippen LogP) is 3.52. The summed E-state index contributed by atoms with van der Waals surface area (Å²) in [5, 5.41) is 3.48. The fraction of sp³-hybridized carbons (Fsp3) is 0.250.